The van der Waals surface area contributed by atoms with Crippen LogP contribution in [-0.4, -0.2) is 42.7 Å². The van der Waals surface area contributed by atoms with Crippen molar-refractivity contribution >= 4 is 28.6 Å². The number of benzene rings is 1. The molecular formula is C18H23INO2+. The average Bonchev–Trinajstić information content (AvgIpc) is 2.76. The van der Waals surface area contributed by atoms with E-state index in [1.165, 1.54) is 46.0 Å². The van der Waals surface area contributed by atoms with Gasteiger partial charge in [0.25, 0.3) is 0 Å². The lowest BCUT2D eigenvalue weighted by Gasteiger charge is -2.57. The maximum atomic E-state index is 12.6. The van der Waals surface area contributed by atoms with E-state index in [4.69, 9.17) is 4.74 Å². The van der Waals surface area contributed by atoms with Crippen LogP contribution >= 0.6 is 22.6 Å². The van der Waals surface area contributed by atoms with Crippen molar-refractivity contribution in [1.29, 1.82) is 0 Å². The smallest absolute Gasteiger partial charge is 0.315 e. The van der Waals surface area contributed by atoms with Crippen molar-refractivity contribution in [2.75, 3.05) is 20.2 Å². The predicted octanol–water partition coefficient (Wildman–Crippen LogP) is 3.32. The number of hydrogen-bond acceptors (Lipinski definition) is 2. The van der Waals surface area contributed by atoms with Gasteiger partial charge in [0, 0.05) is 35.2 Å². The van der Waals surface area contributed by atoms with Crippen LogP contribution in [0.2, 0.25) is 0 Å². The first-order chi connectivity index (χ1) is 10.7. The van der Waals surface area contributed by atoms with E-state index in [0.717, 1.165) is 12.5 Å². The molecular weight excluding hydrogens is 389 g/mol. The van der Waals surface area contributed by atoms with Gasteiger partial charge in [-0.1, -0.05) is 12.1 Å². The molecule has 3 saturated heterocycles. The van der Waals surface area contributed by atoms with Crippen LogP contribution in [0.25, 0.3) is 0 Å². The summed E-state index contributed by atoms with van der Waals surface area (Å²) in [5, 5.41) is 0. The third-order valence-electron chi connectivity index (χ3n) is 6.48. The summed E-state index contributed by atoms with van der Waals surface area (Å²) < 4.78 is 7.70. The molecule has 1 aromatic carbocycles. The molecule has 3 heterocycles. The van der Waals surface area contributed by atoms with Crippen molar-refractivity contribution < 1.29 is 14.0 Å². The van der Waals surface area contributed by atoms with E-state index in [1.54, 1.807) is 7.11 Å². The Labute approximate surface area is 145 Å². The number of piperidine rings is 1. The third kappa shape index (κ3) is 2.06. The Morgan fingerprint density at radius 3 is 2.55 bits per heavy atom. The fraction of sp³-hybridized carbons (Fsp3) is 0.611. The lowest BCUT2D eigenvalue weighted by molar-refractivity contribution is -1.00. The van der Waals surface area contributed by atoms with Gasteiger partial charge in [0.05, 0.1) is 26.2 Å². The summed E-state index contributed by atoms with van der Waals surface area (Å²) >= 11 is 2.34. The molecule has 3 nitrogen and oxygen atoms in total. The summed E-state index contributed by atoms with van der Waals surface area (Å²) in [6.45, 7) is 2.56. The minimum atomic E-state index is 0.0123. The van der Waals surface area contributed by atoms with E-state index in [9.17, 15) is 4.79 Å². The molecule has 0 aromatic heterocycles. The Kier molecular flexibility index (Phi) is 3.72. The Morgan fingerprint density at radius 2 is 1.95 bits per heavy atom. The first-order valence-corrected chi connectivity index (χ1v) is 9.43. The zero-order chi connectivity index (χ0) is 15.3. The highest BCUT2D eigenvalue weighted by atomic mass is 127. The Balaban J connectivity index is 1.72. The van der Waals surface area contributed by atoms with Crippen molar-refractivity contribution in [2.45, 2.75) is 43.7 Å². The summed E-state index contributed by atoms with van der Waals surface area (Å²) in [5.41, 5.74) is 1.33. The number of hydrogen-bond donors (Lipinski definition) is 0. The highest BCUT2D eigenvalue weighted by Gasteiger charge is 2.63. The number of halogens is 1. The number of ether oxygens (including phenoxy) is 1. The van der Waals surface area contributed by atoms with Gasteiger partial charge in [-0.3, -0.25) is 4.79 Å². The second kappa shape index (κ2) is 5.48. The molecule has 1 aromatic rings. The third-order valence-corrected chi connectivity index (χ3v) is 7.20. The molecule has 0 saturated carbocycles. The molecule has 22 heavy (non-hydrogen) atoms. The number of carbonyl (C=O) groups excluding carboxylic acids is 1. The molecule has 4 heteroatoms. The number of nitrogens with zero attached hydrogens (tertiary/aromatic N) is 1. The van der Waals surface area contributed by atoms with Crippen LogP contribution in [0.1, 0.15) is 37.2 Å². The second-order valence-electron chi connectivity index (χ2n) is 7.14. The molecule has 4 unspecified atom stereocenters. The first kappa shape index (κ1) is 14.9. The summed E-state index contributed by atoms with van der Waals surface area (Å²) in [4.78, 5) is 12.6. The predicted molar refractivity (Wildman–Crippen MR) is 93.4 cm³/mol. The molecule has 4 rings (SSSR count). The maximum absolute atomic E-state index is 12.6. The Hall–Kier alpha value is -0.620. The zero-order valence-corrected chi connectivity index (χ0v) is 15.2. The van der Waals surface area contributed by atoms with Gasteiger partial charge in [0.2, 0.25) is 0 Å². The highest BCUT2D eigenvalue weighted by Crippen LogP contribution is 2.54. The van der Waals surface area contributed by atoms with Crippen LogP contribution in [-0.2, 0) is 9.53 Å². The summed E-state index contributed by atoms with van der Waals surface area (Å²) in [6.07, 6.45) is 4.97. The number of carbonyl (C=O) groups is 1. The van der Waals surface area contributed by atoms with Crippen molar-refractivity contribution in [3.05, 3.63) is 33.4 Å². The summed E-state index contributed by atoms with van der Waals surface area (Å²) in [7, 11) is 1.55. The number of rotatable bonds is 2. The Bertz CT molecular complexity index is 581. The SMILES string of the molecule is COC(=O)C1C(c2ccc(I)cc2)CC2CCC1[N+]21CCC1. The van der Waals surface area contributed by atoms with Gasteiger partial charge in [0.1, 0.15) is 12.0 Å². The molecule has 0 amide bonds. The topological polar surface area (TPSA) is 26.3 Å². The van der Waals surface area contributed by atoms with Crippen LogP contribution in [0, 0.1) is 9.49 Å². The molecule has 118 valence electrons. The molecule has 0 aliphatic carbocycles. The van der Waals surface area contributed by atoms with Crippen LogP contribution in [0.4, 0.5) is 0 Å². The van der Waals surface area contributed by atoms with Crippen LogP contribution < -0.4 is 0 Å². The molecule has 3 fully saturated rings. The zero-order valence-electron chi connectivity index (χ0n) is 13.0. The quantitative estimate of drug-likeness (QED) is 0.423. The van der Waals surface area contributed by atoms with Crippen molar-refractivity contribution in [2.24, 2.45) is 5.92 Å². The van der Waals surface area contributed by atoms with E-state index in [1.807, 2.05) is 0 Å². The molecule has 3 aliphatic heterocycles. The monoisotopic (exact) mass is 412 g/mol. The van der Waals surface area contributed by atoms with E-state index in [-0.39, 0.29) is 11.9 Å². The Morgan fingerprint density at radius 1 is 1.23 bits per heavy atom. The molecule has 1 spiro atoms. The van der Waals surface area contributed by atoms with Crippen molar-refractivity contribution in [1.82, 2.24) is 0 Å². The van der Waals surface area contributed by atoms with Gasteiger partial charge < -0.3 is 9.22 Å². The normalized spacial score (nSPS) is 35.2. The lowest BCUT2D eigenvalue weighted by Crippen LogP contribution is -2.70. The summed E-state index contributed by atoms with van der Waals surface area (Å²) in [6, 6.07) is 10.0. The van der Waals surface area contributed by atoms with Gasteiger partial charge in [-0.25, -0.2) is 0 Å². The highest BCUT2D eigenvalue weighted by molar-refractivity contribution is 14.1. The molecule has 0 N–H and O–H groups in total. The number of methoxy groups -OCH3 is 1. The molecule has 3 aliphatic rings. The second-order valence-corrected chi connectivity index (χ2v) is 8.39. The van der Waals surface area contributed by atoms with Crippen molar-refractivity contribution in [3.8, 4) is 0 Å². The number of quaternary nitrogens is 1. The summed E-state index contributed by atoms with van der Waals surface area (Å²) in [5.74, 6) is 0.397. The minimum absolute atomic E-state index is 0.0123. The van der Waals surface area contributed by atoms with Crippen molar-refractivity contribution in [3.63, 3.8) is 0 Å². The minimum Gasteiger partial charge on any atom is -0.469 e. The van der Waals surface area contributed by atoms with Gasteiger partial charge in [-0.2, -0.15) is 0 Å². The van der Waals surface area contributed by atoms with E-state index in [2.05, 4.69) is 46.9 Å². The van der Waals surface area contributed by atoms with Crippen LogP contribution in [0.3, 0.4) is 0 Å². The van der Waals surface area contributed by atoms with Gasteiger partial charge >= 0.3 is 5.97 Å². The van der Waals surface area contributed by atoms with E-state index >= 15 is 0 Å². The van der Waals surface area contributed by atoms with E-state index < -0.39 is 0 Å². The maximum Gasteiger partial charge on any atom is 0.315 e. The lowest BCUT2D eigenvalue weighted by atomic mass is 9.73. The average molecular weight is 412 g/mol. The molecule has 0 radical (unpaired) electrons. The van der Waals surface area contributed by atoms with Gasteiger partial charge in [0.15, 0.2) is 0 Å². The van der Waals surface area contributed by atoms with Gasteiger partial charge in [-0.05, 0) is 40.3 Å². The fourth-order valence-electron chi connectivity index (χ4n) is 5.41. The van der Waals surface area contributed by atoms with E-state index in [0.29, 0.717) is 12.0 Å². The molecule has 2 bridgehead atoms. The first-order valence-electron chi connectivity index (χ1n) is 8.35. The van der Waals surface area contributed by atoms with Crippen LogP contribution in [0.5, 0.6) is 0 Å². The largest absolute Gasteiger partial charge is 0.469 e. The van der Waals surface area contributed by atoms with Crippen LogP contribution in [0.15, 0.2) is 24.3 Å². The van der Waals surface area contributed by atoms with Gasteiger partial charge in [-0.15, -0.1) is 0 Å². The fourth-order valence-corrected chi connectivity index (χ4v) is 5.77. The molecule has 4 atom stereocenters. The number of esters is 1. The standard InChI is InChI=1S/C18H23INO2/c1-22-18(21)17-15(12-3-5-13(19)6-4-12)11-14-7-8-16(17)20(14)9-2-10-20/h3-6,14-17H,2,7-11H2,1H3/q+1.